The summed E-state index contributed by atoms with van der Waals surface area (Å²) in [5, 5.41) is 8.51. The average molecular weight is 177 g/mol. The first-order valence-electron chi connectivity index (χ1n) is 5.27. The van der Waals surface area contributed by atoms with Crippen molar-refractivity contribution in [3.05, 3.63) is 11.6 Å². The van der Waals surface area contributed by atoms with Crippen molar-refractivity contribution in [2.24, 2.45) is 0 Å². The molecule has 0 amide bonds. The minimum atomic E-state index is 0.724. The third-order valence-corrected chi connectivity index (χ3v) is 3.27. The molecule has 0 bridgehead atoms. The molecule has 2 aliphatic carbocycles. The third-order valence-electron chi connectivity index (χ3n) is 3.27. The highest BCUT2D eigenvalue weighted by atomic mass is 15.3. The molecule has 2 aliphatic rings. The Morgan fingerprint density at radius 2 is 1.92 bits per heavy atom. The molecule has 0 aliphatic heterocycles. The van der Waals surface area contributed by atoms with Crippen molar-refractivity contribution in [3.8, 4) is 0 Å². The van der Waals surface area contributed by atoms with Crippen molar-refractivity contribution in [1.82, 2.24) is 14.8 Å². The van der Waals surface area contributed by atoms with E-state index in [4.69, 9.17) is 0 Å². The zero-order valence-electron chi connectivity index (χ0n) is 8.03. The normalized spacial score (nSPS) is 23.2. The van der Waals surface area contributed by atoms with Crippen LogP contribution in [0, 0.1) is 6.92 Å². The third kappa shape index (κ3) is 1.10. The Balaban J connectivity index is 1.97. The Kier molecular flexibility index (Phi) is 1.49. The Labute approximate surface area is 78.2 Å². The van der Waals surface area contributed by atoms with Gasteiger partial charge in [0.15, 0.2) is 0 Å². The van der Waals surface area contributed by atoms with Gasteiger partial charge < -0.3 is 4.57 Å². The molecule has 1 heterocycles. The molecule has 1 aromatic rings. The van der Waals surface area contributed by atoms with E-state index < -0.39 is 0 Å². The fraction of sp³-hybridized carbons (Fsp3) is 0.800. The first-order valence-corrected chi connectivity index (χ1v) is 5.27. The molecule has 3 rings (SSSR count). The van der Waals surface area contributed by atoms with E-state index in [9.17, 15) is 0 Å². The maximum absolute atomic E-state index is 4.31. The number of rotatable bonds is 2. The van der Waals surface area contributed by atoms with Crippen molar-refractivity contribution in [1.29, 1.82) is 0 Å². The minimum absolute atomic E-state index is 0.724. The molecule has 0 radical (unpaired) electrons. The fourth-order valence-electron chi connectivity index (χ4n) is 2.11. The maximum atomic E-state index is 4.31. The molecule has 13 heavy (non-hydrogen) atoms. The summed E-state index contributed by atoms with van der Waals surface area (Å²) >= 11 is 0. The average Bonchev–Trinajstić information content (AvgIpc) is 2.76. The van der Waals surface area contributed by atoms with Gasteiger partial charge in [-0.05, 0) is 32.6 Å². The van der Waals surface area contributed by atoms with Gasteiger partial charge in [0.1, 0.15) is 11.6 Å². The summed E-state index contributed by atoms with van der Waals surface area (Å²) in [4.78, 5) is 0. The van der Waals surface area contributed by atoms with E-state index in [1.54, 1.807) is 0 Å². The van der Waals surface area contributed by atoms with E-state index in [0.717, 1.165) is 17.8 Å². The highest BCUT2D eigenvalue weighted by molar-refractivity contribution is 5.08. The number of aromatic nitrogens is 3. The summed E-state index contributed by atoms with van der Waals surface area (Å²) in [5.41, 5.74) is 0. The second-order valence-corrected chi connectivity index (χ2v) is 4.33. The quantitative estimate of drug-likeness (QED) is 0.693. The van der Waals surface area contributed by atoms with Crippen molar-refractivity contribution >= 4 is 0 Å². The molecule has 2 saturated carbocycles. The number of nitrogens with zero attached hydrogens (tertiary/aromatic N) is 3. The fourth-order valence-corrected chi connectivity index (χ4v) is 2.11. The van der Waals surface area contributed by atoms with Crippen LogP contribution in [0.25, 0.3) is 0 Å². The summed E-state index contributed by atoms with van der Waals surface area (Å²) in [5.74, 6) is 3.11. The Bertz CT molecular complexity index is 321. The molecule has 1 aromatic heterocycles. The molecule has 0 unspecified atom stereocenters. The minimum Gasteiger partial charge on any atom is -0.312 e. The van der Waals surface area contributed by atoms with Crippen molar-refractivity contribution < 1.29 is 0 Å². The van der Waals surface area contributed by atoms with Crippen LogP contribution in [0.2, 0.25) is 0 Å². The van der Waals surface area contributed by atoms with Gasteiger partial charge in [0.25, 0.3) is 0 Å². The molecule has 0 N–H and O–H groups in total. The molecule has 2 fully saturated rings. The zero-order valence-corrected chi connectivity index (χ0v) is 8.03. The van der Waals surface area contributed by atoms with E-state index in [2.05, 4.69) is 21.7 Å². The van der Waals surface area contributed by atoms with Crippen LogP contribution in [-0.2, 0) is 0 Å². The first-order chi connectivity index (χ1) is 6.36. The molecule has 70 valence electrons. The monoisotopic (exact) mass is 177 g/mol. The highest BCUT2D eigenvalue weighted by Crippen LogP contribution is 2.42. The van der Waals surface area contributed by atoms with E-state index in [0.29, 0.717) is 0 Å². The second kappa shape index (κ2) is 2.56. The predicted octanol–water partition coefficient (Wildman–Crippen LogP) is 2.19. The largest absolute Gasteiger partial charge is 0.312 e. The van der Waals surface area contributed by atoms with Gasteiger partial charge in [-0.3, -0.25) is 0 Å². The van der Waals surface area contributed by atoms with E-state index in [1.165, 1.54) is 37.9 Å². The predicted molar refractivity (Wildman–Crippen MR) is 49.6 cm³/mol. The Morgan fingerprint density at radius 3 is 2.46 bits per heavy atom. The van der Waals surface area contributed by atoms with Crippen LogP contribution in [0.5, 0.6) is 0 Å². The molecule has 0 spiro atoms. The number of hydrogen-bond acceptors (Lipinski definition) is 2. The second-order valence-electron chi connectivity index (χ2n) is 4.33. The SMILES string of the molecule is Cc1nnc(C2CCC2)n1C1CC1. The van der Waals surface area contributed by atoms with Crippen LogP contribution in [0.4, 0.5) is 0 Å². The summed E-state index contributed by atoms with van der Waals surface area (Å²) < 4.78 is 2.38. The number of aryl methyl sites for hydroxylation is 1. The van der Waals surface area contributed by atoms with Crippen LogP contribution in [0.15, 0.2) is 0 Å². The molecular weight excluding hydrogens is 162 g/mol. The Morgan fingerprint density at radius 1 is 1.15 bits per heavy atom. The van der Waals surface area contributed by atoms with Gasteiger partial charge in [0.05, 0.1) is 0 Å². The highest BCUT2D eigenvalue weighted by Gasteiger charge is 2.32. The van der Waals surface area contributed by atoms with Gasteiger partial charge >= 0.3 is 0 Å². The van der Waals surface area contributed by atoms with Crippen molar-refractivity contribution in [2.45, 2.75) is 51.0 Å². The van der Waals surface area contributed by atoms with Crippen LogP contribution in [0.3, 0.4) is 0 Å². The van der Waals surface area contributed by atoms with Crippen LogP contribution >= 0.6 is 0 Å². The van der Waals surface area contributed by atoms with Crippen molar-refractivity contribution in [3.63, 3.8) is 0 Å². The van der Waals surface area contributed by atoms with Gasteiger partial charge in [-0.1, -0.05) is 6.42 Å². The number of hydrogen-bond donors (Lipinski definition) is 0. The van der Waals surface area contributed by atoms with Crippen LogP contribution in [-0.4, -0.2) is 14.8 Å². The summed E-state index contributed by atoms with van der Waals surface area (Å²) in [7, 11) is 0. The smallest absolute Gasteiger partial charge is 0.136 e. The molecule has 0 atom stereocenters. The lowest BCUT2D eigenvalue weighted by Gasteiger charge is -2.25. The molecule has 0 aromatic carbocycles. The zero-order chi connectivity index (χ0) is 8.84. The molecular formula is C10H15N3. The van der Waals surface area contributed by atoms with Crippen LogP contribution < -0.4 is 0 Å². The van der Waals surface area contributed by atoms with E-state index in [-0.39, 0.29) is 0 Å². The first kappa shape index (κ1) is 7.54. The lowest BCUT2D eigenvalue weighted by atomic mass is 9.85. The van der Waals surface area contributed by atoms with Gasteiger partial charge in [-0.2, -0.15) is 0 Å². The maximum Gasteiger partial charge on any atom is 0.136 e. The summed E-state index contributed by atoms with van der Waals surface area (Å²) in [6.07, 6.45) is 6.69. The van der Waals surface area contributed by atoms with Gasteiger partial charge in [0, 0.05) is 12.0 Å². The van der Waals surface area contributed by atoms with E-state index in [1.807, 2.05) is 0 Å². The van der Waals surface area contributed by atoms with Gasteiger partial charge in [-0.25, -0.2) is 0 Å². The van der Waals surface area contributed by atoms with Crippen molar-refractivity contribution in [2.75, 3.05) is 0 Å². The summed E-state index contributed by atoms with van der Waals surface area (Å²) in [6, 6.07) is 0.741. The Hall–Kier alpha value is -0.860. The van der Waals surface area contributed by atoms with Crippen LogP contribution in [0.1, 0.15) is 55.7 Å². The van der Waals surface area contributed by atoms with Gasteiger partial charge in [0.2, 0.25) is 0 Å². The lowest BCUT2D eigenvalue weighted by molar-refractivity contribution is 0.385. The van der Waals surface area contributed by atoms with Gasteiger partial charge in [-0.15, -0.1) is 10.2 Å². The lowest BCUT2D eigenvalue weighted by Crippen LogP contribution is -2.15. The molecule has 3 nitrogen and oxygen atoms in total. The van der Waals surface area contributed by atoms with E-state index >= 15 is 0 Å². The topological polar surface area (TPSA) is 30.7 Å². The molecule has 0 saturated heterocycles. The standard InChI is InChI=1S/C10H15N3/c1-7-11-12-10(8-3-2-4-8)13(7)9-5-6-9/h8-9H,2-6H2,1H3. The molecule has 3 heteroatoms. The summed E-state index contributed by atoms with van der Waals surface area (Å²) in [6.45, 7) is 2.08.